The van der Waals surface area contributed by atoms with Gasteiger partial charge in [0.25, 0.3) is 0 Å². The maximum Gasteiger partial charge on any atom is 0.239 e. The van der Waals surface area contributed by atoms with E-state index in [0.29, 0.717) is 31.8 Å². The Morgan fingerprint density at radius 1 is 1.36 bits per heavy atom. The zero-order chi connectivity index (χ0) is 15.9. The van der Waals surface area contributed by atoms with Crippen molar-refractivity contribution in [2.45, 2.75) is 31.7 Å². The Kier molecular flexibility index (Phi) is 6.19. The number of nitrogens with one attached hydrogen (secondary N) is 1. The van der Waals surface area contributed by atoms with Gasteiger partial charge in [0.2, 0.25) is 5.91 Å². The highest BCUT2D eigenvalue weighted by molar-refractivity contribution is 5.82. The molecule has 1 amide bonds. The smallest absolute Gasteiger partial charge is 0.239 e. The molecule has 4 nitrogen and oxygen atoms in total. The summed E-state index contributed by atoms with van der Waals surface area (Å²) >= 11 is 0. The molecule has 122 valence electrons. The molecule has 5 heteroatoms. The molecule has 1 aliphatic rings. The van der Waals surface area contributed by atoms with Crippen LogP contribution in [-0.4, -0.2) is 43.7 Å². The van der Waals surface area contributed by atoms with Gasteiger partial charge in [-0.1, -0.05) is 12.1 Å². The van der Waals surface area contributed by atoms with E-state index in [2.05, 4.69) is 5.32 Å². The molecule has 0 aliphatic carbocycles. The molecular formula is C17H26FN3O. The molecule has 1 heterocycles. The molecule has 0 radical (unpaired) electrons. The van der Waals surface area contributed by atoms with Gasteiger partial charge in [0.1, 0.15) is 0 Å². The fraction of sp³-hybridized carbons (Fsp3) is 0.588. The van der Waals surface area contributed by atoms with Crippen LogP contribution in [0.5, 0.6) is 0 Å². The van der Waals surface area contributed by atoms with Gasteiger partial charge in [0, 0.05) is 25.8 Å². The fourth-order valence-corrected chi connectivity index (χ4v) is 2.98. The Bertz CT molecular complexity index is 469. The minimum absolute atomic E-state index is 0.0105. The summed E-state index contributed by atoms with van der Waals surface area (Å²) in [6.07, 6.45) is 2.94. The third-order valence-electron chi connectivity index (χ3n) is 4.46. The molecule has 1 aliphatic heterocycles. The number of benzene rings is 1. The summed E-state index contributed by atoms with van der Waals surface area (Å²) in [5.41, 5.74) is 8.18. The van der Waals surface area contributed by atoms with E-state index in [0.717, 1.165) is 24.1 Å². The average Bonchev–Trinajstić information content (AvgIpc) is 2.56. The van der Waals surface area contributed by atoms with Gasteiger partial charge in [-0.05, 0) is 49.3 Å². The number of hydrogen-bond donors (Lipinski definition) is 2. The molecule has 1 aromatic rings. The lowest BCUT2D eigenvalue weighted by Crippen LogP contribution is -2.48. The number of piperidine rings is 1. The first kappa shape index (κ1) is 16.7. The van der Waals surface area contributed by atoms with Crippen LogP contribution in [-0.2, 0) is 11.2 Å². The number of hydrogen-bond acceptors (Lipinski definition) is 3. The normalized spacial score (nSPS) is 17.3. The van der Waals surface area contributed by atoms with Crippen molar-refractivity contribution >= 4 is 11.6 Å². The van der Waals surface area contributed by atoms with Crippen molar-refractivity contribution < 1.29 is 9.18 Å². The van der Waals surface area contributed by atoms with Crippen LogP contribution in [0.2, 0.25) is 0 Å². The molecule has 1 fully saturated rings. The number of rotatable bonds is 6. The van der Waals surface area contributed by atoms with Crippen LogP contribution in [0.25, 0.3) is 0 Å². The molecule has 0 unspecified atom stereocenters. The summed E-state index contributed by atoms with van der Waals surface area (Å²) in [5.74, 6) is 0.427. The topological polar surface area (TPSA) is 58.4 Å². The van der Waals surface area contributed by atoms with E-state index in [9.17, 15) is 9.18 Å². The summed E-state index contributed by atoms with van der Waals surface area (Å²) in [5, 5.41) is 3.06. The van der Waals surface area contributed by atoms with Gasteiger partial charge in [0.15, 0.2) is 0 Å². The van der Waals surface area contributed by atoms with E-state index < -0.39 is 6.04 Å². The summed E-state index contributed by atoms with van der Waals surface area (Å²) in [7, 11) is 1.87. The van der Waals surface area contributed by atoms with Crippen molar-refractivity contribution in [2.75, 3.05) is 32.1 Å². The number of alkyl halides is 1. The predicted octanol–water partition coefficient (Wildman–Crippen LogP) is 2.20. The number of amides is 1. The van der Waals surface area contributed by atoms with Crippen molar-refractivity contribution in [3.05, 3.63) is 29.8 Å². The Morgan fingerprint density at radius 2 is 2.00 bits per heavy atom. The number of nitrogens with two attached hydrogens (primary N) is 1. The minimum atomic E-state index is -0.502. The molecule has 0 aromatic heterocycles. The third-order valence-corrected chi connectivity index (χ3v) is 4.46. The molecule has 1 aromatic carbocycles. The Balaban J connectivity index is 1.84. The highest BCUT2D eigenvalue weighted by Gasteiger charge is 2.26. The molecule has 22 heavy (non-hydrogen) atoms. The Hall–Kier alpha value is -1.62. The molecule has 1 atom stereocenters. The second-order valence-electron chi connectivity index (χ2n) is 6.00. The fourth-order valence-electron chi connectivity index (χ4n) is 2.98. The van der Waals surface area contributed by atoms with Crippen LogP contribution in [0.4, 0.5) is 10.1 Å². The summed E-state index contributed by atoms with van der Waals surface area (Å²) in [6.45, 7) is 1.15. The summed E-state index contributed by atoms with van der Waals surface area (Å²) in [4.78, 5) is 14.2. The monoisotopic (exact) mass is 307 g/mol. The number of nitrogens with zero attached hydrogens (tertiary/aromatic N) is 1. The molecule has 0 bridgehead atoms. The molecular weight excluding hydrogens is 281 g/mol. The van der Waals surface area contributed by atoms with Gasteiger partial charge in [0.05, 0.1) is 12.7 Å². The standard InChI is InChI=1S/C17H26FN3O/c1-20-15-4-2-14(3-5-15)12-16(19)17(22)21-10-7-13(6-9-18)8-11-21/h2-5,13,16,20H,6-12,19H2,1H3/t16-/m0/s1. The zero-order valence-corrected chi connectivity index (χ0v) is 13.2. The molecule has 0 spiro atoms. The highest BCUT2D eigenvalue weighted by atomic mass is 19.1. The number of likely N-dealkylation sites (tertiary alicyclic amines) is 1. The third kappa shape index (κ3) is 4.44. The second kappa shape index (κ2) is 8.13. The first-order chi connectivity index (χ1) is 10.6. The highest BCUT2D eigenvalue weighted by Crippen LogP contribution is 2.21. The first-order valence-electron chi connectivity index (χ1n) is 8.01. The molecule has 0 saturated carbocycles. The summed E-state index contributed by atoms with van der Waals surface area (Å²) in [6, 6.07) is 7.45. The maximum absolute atomic E-state index is 12.4. The van der Waals surface area contributed by atoms with Crippen LogP contribution in [0.1, 0.15) is 24.8 Å². The van der Waals surface area contributed by atoms with Crippen LogP contribution in [0.15, 0.2) is 24.3 Å². The van der Waals surface area contributed by atoms with Gasteiger partial charge in [-0.3, -0.25) is 9.18 Å². The lowest BCUT2D eigenvalue weighted by atomic mass is 9.93. The van der Waals surface area contributed by atoms with E-state index in [1.165, 1.54) is 0 Å². The van der Waals surface area contributed by atoms with Crippen LogP contribution < -0.4 is 11.1 Å². The Labute approximate surface area is 131 Å². The van der Waals surface area contributed by atoms with E-state index >= 15 is 0 Å². The van der Waals surface area contributed by atoms with Gasteiger partial charge in [-0.25, -0.2) is 0 Å². The van der Waals surface area contributed by atoms with Crippen molar-refractivity contribution in [3.8, 4) is 0 Å². The van der Waals surface area contributed by atoms with Gasteiger partial charge in [-0.15, -0.1) is 0 Å². The van der Waals surface area contributed by atoms with E-state index in [1.54, 1.807) is 0 Å². The van der Waals surface area contributed by atoms with Gasteiger partial charge in [-0.2, -0.15) is 0 Å². The number of anilines is 1. The molecule has 3 N–H and O–H groups in total. The lowest BCUT2D eigenvalue weighted by molar-refractivity contribution is -0.134. The second-order valence-corrected chi connectivity index (χ2v) is 6.00. The molecule has 2 rings (SSSR count). The van der Waals surface area contributed by atoms with E-state index in [4.69, 9.17) is 5.73 Å². The van der Waals surface area contributed by atoms with Crippen LogP contribution in [0, 0.1) is 5.92 Å². The SMILES string of the molecule is CNc1ccc(C[C@H](N)C(=O)N2CCC(CCF)CC2)cc1. The van der Waals surface area contributed by atoms with Gasteiger partial charge < -0.3 is 16.0 Å². The number of carbonyl (C=O) groups excluding carboxylic acids is 1. The summed E-state index contributed by atoms with van der Waals surface area (Å²) < 4.78 is 12.4. The van der Waals surface area contributed by atoms with Gasteiger partial charge >= 0.3 is 0 Å². The average molecular weight is 307 g/mol. The quantitative estimate of drug-likeness (QED) is 0.847. The Morgan fingerprint density at radius 3 is 2.55 bits per heavy atom. The first-order valence-corrected chi connectivity index (χ1v) is 8.01. The maximum atomic E-state index is 12.4. The number of carbonyl (C=O) groups is 1. The number of halogens is 1. The van der Waals surface area contributed by atoms with Crippen LogP contribution >= 0.6 is 0 Å². The van der Waals surface area contributed by atoms with Crippen molar-refractivity contribution in [2.24, 2.45) is 11.7 Å². The predicted molar refractivity (Wildman–Crippen MR) is 87.6 cm³/mol. The minimum Gasteiger partial charge on any atom is -0.388 e. The largest absolute Gasteiger partial charge is 0.388 e. The van der Waals surface area contributed by atoms with E-state index in [1.807, 2.05) is 36.2 Å². The lowest BCUT2D eigenvalue weighted by Gasteiger charge is -2.33. The van der Waals surface area contributed by atoms with Crippen molar-refractivity contribution in [3.63, 3.8) is 0 Å². The van der Waals surface area contributed by atoms with Crippen LogP contribution in [0.3, 0.4) is 0 Å². The van der Waals surface area contributed by atoms with E-state index in [-0.39, 0.29) is 12.6 Å². The molecule has 1 saturated heterocycles. The zero-order valence-electron chi connectivity index (χ0n) is 13.2. The van der Waals surface area contributed by atoms with Crippen molar-refractivity contribution in [1.82, 2.24) is 4.90 Å². The van der Waals surface area contributed by atoms with Crippen molar-refractivity contribution in [1.29, 1.82) is 0 Å².